The predicted octanol–water partition coefficient (Wildman–Crippen LogP) is 5.81. The Bertz CT molecular complexity index is 256. The molecular formula is C19H37N. The summed E-state index contributed by atoms with van der Waals surface area (Å²) in [6.07, 6.45) is 21.2. The fraction of sp³-hybridized carbons (Fsp3) is 1.00. The van der Waals surface area contributed by atoms with Gasteiger partial charge in [-0.2, -0.15) is 0 Å². The number of rotatable bonds is 7. The van der Waals surface area contributed by atoms with Crippen LogP contribution in [0.1, 0.15) is 103 Å². The lowest BCUT2D eigenvalue weighted by atomic mass is 9.62. The third-order valence-corrected chi connectivity index (χ3v) is 6.11. The van der Waals surface area contributed by atoms with Gasteiger partial charge in [-0.15, -0.1) is 0 Å². The Morgan fingerprint density at radius 2 is 1.55 bits per heavy atom. The molecule has 0 saturated heterocycles. The SMILES string of the molecule is CCCCCCCC1(N)CCCCC1C1CCCCC1. The summed E-state index contributed by atoms with van der Waals surface area (Å²) in [7, 11) is 0. The summed E-state index contributed by atoms with van der Waals surface area (Å²) in [6.45, 7) is 2.30. The van der Waals surface area contributed by atoms with Gasteiger partial charge in [-0.3, -0.25) is 0 Å². The van der Waals surface area contributed by atoms with Gasteiger partial charge in [0.05, 0.1) is 0 Å². The predicted molar refractivity (Wildman–Crippen MR) is 88.8 cm³/mol. The van der Waals surface area contributed by atoms with Gasteiger partial charge in [0.15, 0.2) is 0 Å². The fourth-order valence-corrected chi connectivity index (χ4v) is 4.90. The van der Waals surface area contributed by atoms with Gasteiger partial charge in [-0.25, -0.2) is 0 Å². The average molecular weight is 280 g/mol. The molecule has 0 aromatic rings. The van der Waals surface area contributed by atoms with Crippen LogP contribution in [0.15, 0.2) is 0 Å². The minimum Gasteiger partial charge on any atom is -0.325 e. The Balaban J connectivity index is 1.83. The number of nitrogens with two attached hydrogens (primary N) is 1. The van der Waals surface area contributed by atoms with Crippen molar-refractivity contribution >= 4 is 0 Å². The fourth-order valence-electron chi connectivity index (χ4n) is 4.90. The van der Waals surface area contributed by atoms with Gasteiger partial charge in [0.1, 0.15) is 0 Å². The molecule has 0 spiro atoms. The van der Waals surface area contributed by atoms with Crippen molar-refractivity contribution in [1.29, 1.82) is 0 Å². The minimum absolute atomic E-state index is 0.201. The topological polar surface area (TPSA) is 26.0 Å². The first kappa shape index (κ1) is 16.3. The monoisotopic (exact) mass is 279 g/mol. The van der Waals surface area contributed by atoms with E-state index in [0.29, 0.717) is 0 Å². The van der Waals surface area contributed by atoms with Crippen molar-refractivity contribution in [3.63, 3.8) is 0 Å². The summed E-state index contributed by atoms with van der Waals surface area (Å²) >= 11 is 0. The molecule has 2 saturated carbocycles. The first-order chi connectivity index (χ1) is 9.76. The van der Waals surface area contributed by atoms with Gasteiger partial charge in [0.25, 0.3) is 0 Å². The van der Waals surface area contributed by atoms with Crippen LogP contribution in [0.2, 0.25) is 0 Å². The zero-order valence-electron chi connectivity index (χ0n) is 13.8. The van der Waals surface area contributed by atoms with Crippen LogP contribution in [-0.2, 0) is 0 Å². The normalized spacial score (nSPS) is 32.4. The van der Waals surface area contributed by atoms with Gasteiger partial charge in [-0.05, 0) is 31.1 Å². The summed E-state index contributed by atoms with van der Waals surface area (Å²) in [4.78, 5) is 0. The molecule has 118 valence electrons. The molecule has 1 nitrogen and oxygen atoms in total. The molecular weight excluding hydrogens is 242 g/mol. The first-order valence-corrected chi connectivity index (χ1v) is 9.55. The summed E-state index contributed by atoms with van der Waals surface area (Å²) < 4.78 is 0. The largest absolute Gasteiger partial charge is 0.325 e. The van der Waals surface area contributed by atoms with Crippen LogP contribution in [0.4, 0.5) is 0 Å². The van der Waals surface area contributed by atoms with E-state index in [1.54, 1.807) is 0 Å². The summed E-state index contributed by atoms with van der Waals surface area (Å²) in [5, 5.41) is 0. The molecule has 2 N–H and O–H groups in total. The smallest absolute Gasteiger partial charge is 0.0185 e. The van der Waals surface area contributed by atoms with E-state index in [0.717, 1.165) is 11.8 Å². The second-order valence-electron chi connectivity index (χ2n) is 7.65. The Kier molecular flexibility index (Phi) is 6.87. The highest BCUT2D eigenvalue weighted by atomic mass is 14.8. The Morgan fingerprint density at radius 3 is 2.30 bits per heavy atom. The lowest BCUT2D eigenvalue weighted by Gasteiger charge is -2.46. The van der Waals surface area contributed by atoms with Crippen LogP contribution in [0, 0.1) is 11.8 Å². The summed E-state index contributed by atoms with van der Waals surface area (Å²) in [5.74, 6) is 1.81. The molecule has 2 atom stereocenters. The van der Waals surface area contributed by atoms with E-state index in [1.165, 1.54) is 96.3 Å². The molecule has 20 heavy (non-hydrogen) atoms. The van der Waals surface area contributed by atoms with E-state index in [2.05, 4.69) is 6.92 Å². The lowest BCUT2D eigenvalue weighted by molar-refractivity contribution is 0.0907. The van der Waals surface area contributed by atoms with Gasteiger partial charge >= 0.3 is 0 Å². The van der Waals surface area contributed by atoms with E-state index < -0.39 is 0 Å². The van der Waals surface area contributed by atoms with E-state index >= 15 is 0 Å². The number of hydrogen-bond acceptors (Lipinski definition) is 1. The molecule has 0 heterocycles. The second kappa shape index (κ2) is 8.41. The van der Waals surface area contributed by atoms with Crippen LogP contribution in [0.5, 0.6) is 0 Å². The third-order valence-electron chi connectivity index (χ3n) is 6.11. The Labute approximate surface area is 127 Å². The molecule has 0 bridgehead atoms. The minimum atomic E-state index is 0.201. The molecule has 0 aromatic carbocycles. The summed E-state index contributed by atoms with van der Waals surface area (Å²) in [5.41, 5.74) is 7.15. The highest BCUT2D eigenvalue weighted by Crippen LogP contribution is 2.44. The van der Waals surface area contributed by atoms with Crippen LogP contribution in [0.3, 0.4) is 0 Å². The molecule has 0 radical (unpaired) electrons. The maximum absolute atomic E-state index is 6.95. The van der Waals surface area contributed by atoms with Crippen molar-refractivity contribution < 1.29 is 0 Å². The third kappa shape index (κ3) is 4.48. The van der Waals surface area contributed by atoms with Crippen molar-refractivity contribution in [1.82, 2.24) is 0 Å². The van der Waals surface area contributed by atoms with Crippen LogP contribution in [-0.4, -0.2) is 5.54 Å². The van der Waals surface area contributed by atoms with Gasteiger partial charge in [0.2, 0.25) is 0 Å². The Morgan fingerprint density at radius 1 is 0.850 bits per heavy atom. The van der Waals surface area contributed by atoms with Crippen LogP contribution < -0.4 is 5.73 Å². The first-order valence-electron chi connectivity index (χ1n) is 9.55. The molecule has 2 aliphatic carbocycles. The standard InChI is InChI=1S/C19H37N/c1-2-3-4-5-10-15-19(20)16-11-9-14-18(19)17-12-7-6-8-13-17/h17-18H,2-16,20H2,1H3. The molecule has 1 heteroatoms. The highest BCUT2D eigenvalue weighted by molar-refractivity contribution is 4.97. The summed E-state index contributed by atoms with van der Waals surface area (Å²) in [6, 6.07) is 0. The Hall–Kier alpha value is -0.0400. The molecule has 2 unspecified atom stereocenters. The van der Waals surface area contributed by atoms with Crippen molar-refractivity contribution in [2.75, 3.05) is 0 Å². The van der Waals surface area contributed by atoms with Crippen molar-refractivity contribution in [2.24, 2.45) is 17.6 Å². The second-order valence-corrected chi connectivity index (χ2v) is 7.65. The van der Waals surface area contributed by atoms with Crippen LogP contribution in [0.25, 0.3) is 0 Å². The van der Waals surface area contributed by atoms with Crippen molar-refractivity contribution in [3.8, 4) is 0 Å². The number of unbranched alkanes of at least 4 members (excludes halogenated alkanes) is 4. The molecule has 0 aromatic heterocycles. The molecule has 2 aliphatic rings. The maximum Gasteiger partial charge on any atom is 0.0185 e. The molecule has 2 rings (SSSR count). The zero-order valence-corrected chi connectivity index (χ0v) is 13.8. The van der Waals surface area contributed by atoms with E-state index in [1.807, 2.05) is 0 Å². The lowest BCUT2D eigenvalue weighted by Crippen LogP contribution is -2.52. The van der Waals surface area contributed by atoms with Gasteiger partial charge < -0.3 is 5.73 Å². The van der Waals surface area contributed by atoms with E-state index in [-0.39, 0.29) is 5.54 Å². The van der Waals surface area contributed by atoms with Crippen molar-refractivity contribution in [3.05, 3.63) is 0 Å². The maximum atomic E-state index is 6.95. The average Bonchev–Trinajstić information content (AvgIpc) is 2.48. The molecule has 0 amide bonds. The van der Waals surface area contributed by atoms with Gasteiger partial charge in [-0.1, -0.05) is 84.0 Å². The molecule has 0 aliphatic heterocycles. The van der Waals surface area contributed by atoms with Crippen LogP contribution >= 0.6 is 0 Å². The zero-order chi connectivity index (χ0) is 14.3. The van der Waals surface area contributed by atoms with Gasteiger partial charge in [0, 0.05) is 5.54 Å². The highest BCUT2D eigenvalue weighted by Gasteiger charge is 2.40. The van der Waals surface area contributed by atoms with E-state index in [9.17, 15) is 0 Å². The quantitative estimate of drug-likeness (QED) is 0.584. The molecule has 2 fully saturated rings. The number of hydrogen-bond donors (Lipinski definition) is 1. The van der Waals surface area contributed by atoms with Crippen molar-refractivity contribution in [2.45, 2.75) is 109 Å². The van der Waals surface area contributed by atoms with E-state index in [4.69, 9.17) is 5.73 Å².